The van der Waals surface area contributed by atoms with Crippen LogP contribution in [0.4, 0.5) is 0 Å². The third-order valence-corrected chi connectivity index (χ3v) is 22.8. The van der Waals surface area contributed by atoms with Gasteiger partial charge in [0.15, 0.2) is 31.5 Å². The number of fused-ring (bicyclic) bond motifs is 4. The molecule has 0 aromatic carbocycles. The number of carbonyl (C=O) groups is 3. The zero-order valence-electron chi connectivity index (χ0n) is 53.8. The first kappa shape index (κ1) is 73.1. The van der Waals surface area contributed by atoms with Gasteiger partial charge in [-0.3, -0.25) is 18.9 Å². The van der Waals surface area contributed by atoms with Gasteiger partial charge in [-0.05, 0) is 81.0 Å². The number of ether oxygens (including phenoxy) is 13. The summed E-state index contributed by atoms with van der Waals surface area (Å²) in [6.07, 6.45) is -37.4. The van der Waals surface area contributed by atoms with Crippen LogP contribution in [0.25, 0.3) is 0 Å². The van der Waals surface area contributed by atoms with E-state index in [-0.39, 0.29) is 30.0 Å². The van der Waals surface area contributed by atoms with Gasteiger partial charge in [-0.2, -0.15) is 8.42 Å². The molecule has 6 heterocycles. The summed E-state index contributed by atoms with van der Waals surface area (Å²) in [6, 6.07) is 0. The van der Waals surface area contributed by atoms with Crippen molar-refractivity contribution in [1.82, 2.24) is 0 Å². The molecule has 4 aliphatic carbocycles. The molecule has 32 heteroatoms. The second kappa shape index (κ2) is 27.5. The van der Waals surface area contributed by atoms with E-state index in [0.717, 1.165) is 12.7 Å². The second-order valence-electron chi connectivity index (χ2n) is 28.9. The van der Waals surface area contributed by atoms with E-state index in [1.165, 1.54) is 13.8 Å². The lowest BCUT2D eigenvalue weighted by Gasteiger charge is -2.64. The quantitative estimate of drug-likeness (QED) is 0.0347. The van der Waals surface area contributed by atoms with Gasteiger partial charge < -0.3 is 118 Å². The average Bonchev–Trinajstić information content (AvgIpc) is 1.52. The minimum Gasteiger partial charge on any atom is -0.462 e. The number of esters is 2. The van der Waals surface area contributed by atoms with Crippen molar-refractivity contribution < 1.29 is 149 Å². The number of carbonyl (C=O) groups excluding carboxylic acids is 3. The van der Waals surface area contributed by atoms with Gasteiger partial charge in [0.25, 0.3) is 0 Å². The number of hydrogen-bond acceptors (Lipinski definition) is 30. The van der Waals surface area contributed by atoms with Crippen molar-refractivity contribution in [3.63, 3.8) is 0 Å². The molecule has 0 aromatic rings. The molecule has 10 rings (SSSR count). The van der Waals surface area contributed by atoms with Crippen LogP contribution in [0.2, 0.25) is 0 Å². The molecule has 9 fully saturated rings. The fourth-order valence-corrected chi connectivity index (χ4v) is 18.4. The predicted octanol–water partition coefficient (Wildman–Crippen LogP) is -2.30. The van der Waals surface area contributed by atoms with E-state index in [0.29, 0.717) is 44.9 Å². The molecule has 0 radical (unpaired) electrons. The predicted molar refractivity (Wildman–Crippen MR) is 309 cm³/mol. The highest BCUT2D eigenvalue weighted by Gasteiger charge is 2.80. The largest absolute Gasteiger partial charge is 0.462 e. The highest BCUT2D eigenvalue weighted by atomic mass is 32.3. The van der Waals surface area contributed by atoms with E-state index < -0.39 is 235 Å². The van der Waals surface area contributed by atoms with Gasteiger partial charge in [-0.15, -0.1) is 0 Å². The summed E-state index contributed by atoms with van der Waals surface area (Å²) in [5.74, 6) is -1.70. The lowest BCUT2D eigenvalue weighted by atomic mass is 9.41. The highest BCUT2D eigenvalue weighted by molar-refractivity contribution is 7.80. The van der Waals surface area contributed by atoms with Crippen molar-refractivity contribution in [2.75, 3.05) is 33.5 Å². The zero-order valence-corrected chi connectivity index (χ0v) is 54.7. The van der Waals surface area contributed by atoms with Gasteiger partial charge >= 0.3 is 22.3 Å². The van der Waals surface area contributed by atoms with Crippen molar-refractivity contribution in [1.29, 1.82) is 0 Å². The Hall–Kier alpha value is -2.66. The number of aliphatic hydroxyl groups excluding tert-OH is 11. The van der Waals surface area contributed by atoms with Gasteiger partial charge in [0.2, 0.25) is 0 Å². The monoisotopic (exact) mass is 1360 g/mol. The first-order valence-electron chi connectivity index (χ1n) is 32.1. The van der Waals surface area contributed by atoms with E-state index >= 15 is 0 Å². The molecule has 10 aliphatic rings. The van der Waals surface area contributed by atoms with Crippen molar-refractivity contribution in [3.05, 3.63) is 11.6 Å². The molecular weight excluding hydrogens is 1260 g/mol. The Bertz CT molecular complexity index is 2810. The van der Waals surface area contributed by atoms with Crippen LogP contribution >= 0.6 is 0 Å². The molecule has 93 heavy (non-hydrogen) atoms. The van der Waals surface area contributed by atoms with Gasteiger partial charge in [0.05, 0.1) is 50.0 Å². The maximum atomic E-state index is 14.8. The lowest BCUT2D eigenvalue weighted by molar-refractivity contribution is -0.403. The van der Waals surface area contributed by atoms with Gasteiger partial charge in [0.1, 0.15) is 121 Å². The van der Waals surface area contributed by atoms with Crippen LogP contribution in [-0.2, 0) is 90.5 Å². The Morgan fingerprint density at radius 3 is 1.88 bits per heavy atom. The van der Waals surface area contributed by atoms with Crippen LogP contribution in [0.5, 0.6) is 0 Å². The summed E-state index contributed by atoms with van der Waals surface area (Å²) in [7, 11) is -4.13. The number of rotatable bonds is 20. The van der Waals surface area contributed by atoms with Gasteiger partial charge in [0, 0.05) is 32.3 Å². The first-order chi connectivity index (χ1) is 43.5. The lowest BCUT2D eigenvalue weighted by Crippen LogP contribution is -2.68. The number of aliphatic hydroxyl groups is 11. The molecule has 3 saturated carbocycles. The smallest absolute Gasteiger partial charge is 0.397 e. The summed E-state index contributed by atoms with van der Waals surface area (Å²) in [6.45, 7) is 13.7. The SMILES string of the molecule is COC1C(O)C(CO)OC(OC2C(O)C(CO)OC(OC3C(C)OC(OC4C(OC5CCC6(C)C7CCC89C(=O)OC(C)(CC(=O)CC(C)C)C8C(OC(C)=O)CC9(C)C7=CCC6C5(C)C)OCC(OS(=O)(=O)O)C4O)C(OC4OCC(O)C(O)C4O)C3O)C2O)C1O. The number of cyclic esters (lactones) is 1. The fraction of sp³-hybridized carbons (Fsp3) is 0.918. The maximum absolute atomic E-state index is 14.8. The average molecular weight is 1360 g/mol. The van der Waals surface area contributed by atoms with Crippen LogP contribution in [0.15, 0.2) is 11.6 Å². The van der Waals surface area contributed by atoms with E-state index in [4.69, 9.17) is 65.8 Å². The van der Waals surface area contributed by atoms with Crippen LogP contribution < -0.4 is 0 Å². The van der Waals surface area contributed by atoms with Crippen LogP contribution in [0, 0.1) is 45.3 Å². The molecule has 1 spiro atoms. The number of methoxy groups -OCH3 is 1. The van der Waals surface area contributed by atoms with Crippen molar-refractivity contribution in [3.8, 4) is 0 Å². The van der Waals surface area contributed by atoms with E-state index in [9.17, 15) is 83.5 Å². The topological polar surface area (TPSA) is 457 Å². The molecule has 12 N–H and O–H groups in total. The Kier molecular flexibility index (Phi) is 21.6. The summed E-state index contributed by atoms with van der Waals surface area (Å²) in [5, 5.41) is 122. The number of allylic oxidation sites excluding steroid dienone is 2. The molecule has 32 unspecified atom stereocenters. The maximum Gasteiger partial charge on any atom is 0.397 e. The number of hydrogen-bond donors (Lipinski definition) is 12. The zero-order chi connectivity index (χ0) is 68.1. The van der Waals surface area contributed by atoms with E-state index in [1.807, 2.05) is 27.7 Å². The van der Waals surface area contributed by atoms with Crippen LogP contribution in [-0.4, -0.2) is 280 Å². The van der Waals surface area contributed by atoms with Crippen molar-refractivity contribution >= 4 is 28.1 Å². The summed E-state index contributed by atoms with van der Waals surface area (Å²) < 4.78 is 118. The molecule has 6 aliphatic heterocycles. The summed E-state index contributed by atoms with van der Waals surface area (Å²) in [5.41, 5.74) is -3.28. The third-order valence-electron chi connectivity index (χ3n) is 22.3. The standard InChI is InChI=1S/C61H96O31S/c1-24(2)17-27(65)18-60(9)50-31(83-26(4)64)19-59(8)29-11-12-35-57(5,6)36(14-15-58(35,7)28(29)13-16-61(50,59)56(75)91-60)86-54-48(40(70)34(23-81-54)92-93(76,77)78)90-55-49(89-51-41(71)37(67)30(66)22-80-51)42(72)45(25(3)82-55)87-53-44(74)47(39(69)33(21-63)85-53)88-52-43(73)46(79-10)38(68)32(20-62)84-52/h11,24-25,28,30-55,62-63,66-74H,12-23H2,1-10H3,(H,76,77,78). The first-order valence-corrected chi connectivity index (χ1v) is 33.5. The molecule has 6 saturated heterocycles. The van der Waals surface area contributed by atoms with Crippen molar-refractivity contribution in [2.45, 2.75) is 273 Å². The van der Waals surface area contributed by atoms with Crippen LogP contribution in [0.1, 0.15) is 114 Å². The number of Topliss-reactive ketones (excluding diaryl/α,β-unsaturated/α-hetero) is 1. The molecule has 0 bridgehead atoms. The Morgan fingerprint density at radius 2 is 1.27 bits per heavy atom. The van der Waals surface area contributed by atoms with Gasteiger partial charge in [-0.25, -0.2) is 4.18 Å². The minimum absolute atomic E-state index is 0.0172. The van der Waals surface area contributed by atoms with E-state index in [2.05, 4.69) is 19.9 Å². The Morgan fingerprint density at radius 1 is 0.677 bits per heavy atom. The summed E-state index contributed by atoms with van der Waals surface area (Å²) >= 11 is 0. The fourth-order valence-electron chi connectivity index (χ4n) is 17.9. The molecule has 32 atom stereocenters. The Balaban J connectivity index is 0.917. The highest BCUT2D eigenvalue weighted by Crippen LogP contribution is 2.77. The molecule has 31 nitrogen and oxygen atoms in total. The van der Waals surface area contributed by atoms with E-state index in [1.54, 1.807) is 6.92 Å². The normalized spacial score (nSPS) is 49.8. The molecule has 532 valence electrons. The third kappa shape index (κ3) is 13.2. The van der Waals surface area contributed by atoms with Crippen LogP contribution in [0.3, 0.4) is 0 Å². The molecular formula is C61H96O31S. The molecule has 0 amide bonds. The minimum atomic E-state index is -5.29. The molecule has 0 aromatic heterocycles. The van der Waals surface area contributed by atoms with Crippen molar-refractivity contribution in [2.24, 2.45) is 45.3 Å². The number of ketones is 1. The Labute approximate surface area is 539 Å². The second-order valence-corrected chi connectivity index (χ2v) is 29.9. The van der Waals surface area contributed by atoms with Gasteiger partial charge in [-0.1, -0.05) is 53.2 Å². The summed E-state index contributed by atoms with van der Waals surface area (Å²) in [4.78, 5) is 41.2.